The Morgan fingerprint density at radius 2 is 0.800 bits per heavy atom. The molecule has 0 heterocycles. The maximum absolute atomic E-state index is 2.55. The second kappa shape index (κ2) is 3.76. The van der Waals surface area contributed by atoms with Gasteiger partial charge >= 0.3 is 75.7 Å². The van der Waals surface area contributed by atoms with Gasteiger partial charge in [0.15, 0.2) is 0 Å². The standard InChI is InChI=1S/Bi.4HI/h;4*1H/q+3;;;;/p-4. The van der Waals surface area contributed by atoms with Gasteiger partial charge in [0, 0.05) is 0 Å². The molecule has 0 atom stereocenters. The van der Waals surface area contributed by atoms with Crippen molar-refractivity contribution in [3.05, 3.63) is 0 Å². The quantitative estimate of drug-likeness (QED) is 0.267. The molecule has 0 radical (unpaired) electrons. The molecule has 0 aromatic carbocycles. The summed E-state index contributed by atoms with van der Waals surface area (Å²) in [6.45, 7) is 0. The van der Waals surface area contributed by atoms with Crippen LogP contribution in [0.5, 0.6) is 0 Å². The number of hydrogen-bond acceptors (Lipinski definition) is 0. The minimum absolute atomic E-state index is 1.34. The Labute approximate surface area is 72.8 Å². The van der Waals surface area contributed by atoms with Crippen molar-refractivity contribution in [3.63, 3.8) is 0 Å². The van der Waals surface area contributed by atoms with Crippen LogP contribution in [0.15, 0.2) is 0 Å². The summed E-state index contributed by atoms with van der Waals surface area (Å²) in [6, 6.07) is 0. The predicted molar refractivity (Wildman–Crippen MR) is 61.8 cm³/mol. The van der Waals surface area contributed by atoms with E-state index in [2.05, 4.69) is 72.2 Å². The van der Waals surface area contributed by atoms with Crippen LogP contribution in [0.25, 0.3) is 0 Å². The topological polar surface area (TPSA) is 0 Å². The van der Waals surface area contributed by atoms with Crippen LogP contribution in [0.4, 0.5) is 0 Å². The van der Waals surface area contributed by atoms with Crippen LogP contribution in [0, 0.1) is 0 Å². The molecule has 0 aliphatic carbocycles. The van der Waals surface area contributed by atoms with Crippen molar-refractivity contribution in [3.8, 4) is 0 Å². The second-order valence-electron chi connectivity index (χ2n) is 0.383. The fraction of sp³-hybridized carbons (Fsp3) is 0. The molecule has 0 N–H and O–H groups in total. The molecule has 0 aliphatic rings. The van der Waals surface area contributed by atoms with Gasteiger partial charge in [-0.1, -0.05) is 0 Å². The zero-order chi connectivity index (χ0) is 4.50. The third-order valence-corrected chi connectivity index (χ3v) is 0. The number of hydrogen-bond donors (Lipinski definition) is 0. The molecule has 5 heteroatoms. The molecule has 0 bridgehead atoms. The normalized spacial score (nSPS) is 15.2. The van der Waals surface area contributed by atoms with Crippen LogP contribution in [0.1, 0.15) is 0 Å². The van der Waals surface area contributed by atoms with Crippen molar-refractivity contribution >= 4 is 75.7 Å². The SMILES string of the molecule is [I][Bi-]([I])([I])[I]. The molecule has 0 aliphatic heterocycles. The molecule has 0 rings (SSSR count). The van der Waals surface area contributed by atoms with Crippen molar-refractivity contribution in [2.24, 2.45) is 0 Å². The fourth-order valence-corrected chi connectivity index (χ4v) is 0. The van der Waals surface area contributed by atoms with Gasteiger partial charge in [-0.05, 0) is 0 Å². The molecule has 0 saturated carbocycles. The summed E-state index contributed by atoms with van der Waals surface area (Å²) in [6.07, 6.45) is 0. The molecule has 0 saturated heterocycles. The molecule has 34 valence electrons. The Balaban J connectivity index is 3.02. The average Bonchev–Trinajstić information content (AvgIpc) is 0.722. The van der Waals surface area contributed by atoms with E-state index in [-0.39, 0.29) is 0 Å². The summed E-state index contributed by atoms with van der Waals surface area (Å²) in [5, 5.41) is 0. The Morgan fingerprint density at radius 1 is 0.800 bits per heavy atom. The molecule has 0 nitrogen and oxygen atoms in total. The van der Waals surface area contributed by atoms with Crippen LogP contribution in [-0.2, 0) is 0 Å². The van der Waals surface area contributed by atoms with E-state index in [0.29, 0.717) is 0 Å². The van der Waals surface area contributed by atoms with E-state index in [1.165, 1.54) is 0 Å². The van der Waals surface area contributed by atoms with Crippen LogP contribution in [0.2, 0.25) is 0 Å². The average molecular weight is 717 g/mol. The summed E-state index contributed by atoms with van der Waals surface area (Å²) in [7, 11) is 0. The van der Waals surface area contributed by atoms with Gasteiger partial charge in [-0.3, -0.25) is 0 Å². The van der Waals surface area contributed by atoms with E-state index in [0.717, 1.165) is 0 Å². The van der Waals surface area contributed by atoms with Crippen LogP contribution in [0.3, 0.4) is 0 Å². The van der Waals surface area contributed by atoms with Crippen molar-refractivity contribution in [1.82, 2.24) is 0 Å². The Bertz CT molecular complexity index is 19.1. The van der Waals surface area contributed by atoms with Crippen molar-refractivity contribution < 1.29 is 0 Å². The molecule has 0 aromatic rings. The van der Waals surface area contributed by atoms with Crippen LogP contribution < -0.4 is 0 Å². The molecule has 5 heavy (non-hydrogen) atoms. The first-order valence-corrected chi connectivity index (χ1v) is 39.8. The Hall–Kier alpha value is 3.80. The molecule has 0 unspecified atom stereocenters. The minimum atomic E-state index is -1.34. The molecule has 0 spiro atoms. The van der Waals surface area contributed by atoms with Gasteiger partial charge in [0.2, 0.25) is 0 Å². The third kappa shape index (κ3) is 18.2. The number of rotatable bonds is 0. The third-order valence-electron chi connectivity index (χ3n) is 0. The van der Waals surface area contributed by atoms with E-state index in [9.17, 15) is 0 Å². The zero-order valence-corrected chi connectivity index (χ0v) is 14.1. The predicted octanol–water partition coefficient (Wildman–Crippen LogP) is 3.16. The molecule has 0 aromatic heterocycles. The van der Waals surface area contributed by atoms with Crippen molar-refractivity contribution in [2.45, 2.75) is 0 Å². The maximum atomic E-state index is 2.55. The Kier molecular flexibility index (Phi) is 6.62. The zero-order valence-electron chi connectivity index (χ0n) is 1.96. The van der Waals surface area contributed by atoms with E-state index in [4.69, 9.17) is 0 Å². The van der Waals surface area contributed by atoms with E-state index in [1.54, 1.807) is 0 Å². The summed E-state index contributed by atoms with van der Waals surface area (Å²) in [5.74, 6) is 0. The fourth-order valence-electron chi connectivity index (χ4n) is 0. The van der Waals surface area contributed by atoms with Crippen LogP contribution in [-0.4, -0.2) is 3.51 Å². The van der Waals surface area contributed by atoms with Gasteiger partial charge < -0.3 is 0 Å². The van der Waals surface area contributed by atoms with Gasteiger partial charge in [-0.15, -0.1) is 0 Å². The summed E-state index contributed by atoms with van der Waals surface area (Å²) in [5.41, 5.74) is 0. The van der Waals surface area contributed by atoms with Crippen molar-refractivity contribution in [1.29, 1.82) is 0 Å². The summed E-state index contributed by atoms with van der Waals surface area (Å²) in [4.78, 5) is 0. The monoisotopic (exact) mass is 717 g/mol. The van der Waals surface area contributed by atoms with Gasteiger partial charge in [0.25, 0.3) is 0 Å². The van der Waals surface area contributed by atoms with Gasteiger partial charge in [-0.2, -0.15) is 0 Å². The van der Waals surface area contributed by atoms with E-state index < -0.39 is 3.51 Å². The second-order valence-corrected chi connectivity index (χ2v) is 151. The molecular weight excluding hydrogens is 717 g/mol. The summed E-state index contributed by atoms with van der Waals surface area (Å²) < 4.78 is -1.34. The van der Waals surface area contributed by atoms with E-state index in [1.807, 2.05) is 0 Å². The molecule has 0 amide bonds. The van der Waals surface area contributed by atoms with Gasteiger partial charge in [0.1, 0.15) is 0 Å². The summed E-state index contributed by atoms with van der Waals surface area (Å²) >= 11 is 10.2. The molecule has 0 fully saturated rings. The van der Waals surface area contributed by atoms with Gasteiger partial charge in [-0.25, -0.2) is 0 Å². The Morgan fingerprint density at radius 3 is 0.800 bits per heavy atom. The molecular formula is BiI4-. The number of halogens is 4. The van der Waals surface area contributed by atoms with E-state index >= 15 is 0 Å². The van der Waals surface area contributed by atoms with Crippen LogP contribution >= 0.6 is 72.2 Å². The first-order chi connectivity index (χ1) is 2.00. The first-order valence-electron chi connectivity index (χ1n) is 0.676. The van der Waals surface area contributed by atoms with Gasteiger partial charge in [0.05, 0.1) is 0 Å². The van der Waals surface area contributed by atoms with Crippen molar-refractivity contribution in [2.75, 3.05) is 0 Å². The first kappa shape index (κ1) is 8.80.